The molecule has 1 aromatic carbocycles. The van der Waals surface area contributed by atoms with Crippen LogP contribution in [0.2, 0.25) is 0 Å². The van der Waals surface area contributed by atoms with Gasteiger partial charge < -0.3 is 15.9 Å². The van der Waals surface area contributed by atoms with Gasteiger partial charge in [0, 0.05) is 5.56 Å². The van der Waals surface area contributed by atoms with Crippen LogP contribution in [0.5, 0.6) is 5.75 Å². The third-order valence-corrected chi connectivity index (χ3v) is 4.63. The molecule has 138 valence electrons. The van der Waals surface area contributed by atoms with Gasteiger partial charge in [-0.3, -0.25) is 0 Å². The van der Waals surface area contributed by atoms with Crippen LogP contribution in [0.15, 0.2) is 12.1 Å². The molecule has 0 saturated carbocycles. The molecule has 0 unspecified atom stereocenters. The van der Waals surface area contributed by atoms with Crippen LogP contribution in [0.1, 0.15) is 91.0 Å². The molecule has 3 heteroatoms. The molecule has 2 atom stereocenters. The number of aliphatic hydroxyl groups is 1. The fourth-order valence-corrected chi connectivity index (χ4v) is 2.81. The van der Waals surface area contributed by atoms with Gasteiger partial charge in [-0.25, -0.2) is 0 Å². The van der Waals surface area contributed by atoms with Crippen LogP contribution in [0.3, 0.4) is 0 Å². The zero-order chi connectivity index (χ0) is 18.9. The summed E-state index contributed by atoms with van der Waals surface area (Å²) < 4.78 is 0. The molecule has 0 radical (unpaired) electrons. The molecule has 0 saturated heterocycles. The lowest BCUT2D eigenvalue weighted by molar-refractivity contribution is 0.127. The van der Waals surface area contributed by atoms with Crippen molar-refractivity contribution >= 4 is 0 Å². The van der Waals surface area contributed by atoms with Crippen molar-refractivity contribution < 1.29 is 10.2 Å². The zero-order valence-corrected chi connectivity index (χ0v) is 16.8. The van der Waals surface area contributed by atoms with Crippen molar-refractivity contribution in [3.63, 3.8) is 0 Å². The Bertz CT molecular complexity index is 550. The molecule has 0 aromatic heterocycles. The van der Waals surface area contributed by atoms with Crippen molar-refractivity contribution in [1.29, 1.82) is 0 Å². The summed E-state index contributed by atoms with van der Waals surface area (Å²) in [5.41, 5.74) is 8.77. The molecule has 24 heavy (non-hydrogen) atoms. The minimum atomic E-state index is -0.652. The van der Waals surface area contributed by atoms with Crippen LogP contribution in [0.4, 0.5) is 0 Å². The van der Waals surface area contributed by atoms with Crippen molar-refractivity contribution in [2.45, 2.75) is 91.2 Å². The molecular formula is C21H37NO2. The third-order valence-electron chi connectivity index (χ3n) is 4.63. The summed E-state index contributed by atoms with van der Waals surface area (Å²) in [6.45, 7) is 17.0. The first-order valence-electron chi connectivity index (χ1n) is 9.06. The number of benzene rings is 1. The summed E-state index contributed by atoms with van der Waals surface area (Å²) >= 11 is 0. The molecule has 4 N–H and O–H groups in total. The summed E-state index contributed by atoms with van der Waals surface area (Å²) in [7, 11) is 0. The SMILES string of the molecule is CC(C)CC[C@H](O)[C@H](N)c1cc(C(C)(C)C)cc(C(C)(C)C)c1O. The number of phenolic OH excluding ortho intramolecular Hbond substituents is 1. The number of hydrogen-bond acceptors (Lipinski definition) is 3. The molecule has 1 rings (SSSR count). The Balaban J connectivity index is 3.35. The van der Waals surface area contributed by atoms with Crippen LogP contribution >= 0.6 is 0 Å². The van der Waals surface area contributed by atoms with Gasteiger partial charge >= 0.3 is 0 Å². The smallest absolute Gasteiger partial charge is 0.124 e. The fraction of sp³-hybridized carbons (Fsp3) is 0.714. The summed E-state index contributed by atoms with van der Waals surface area (Å²) in [5.74, 6) is 0.748. The Morgan fingerprint density at radius 1 is 0.958 bits per heavy atom. The predicted octanol–water partition coefficient (Wildman–Crippen LogP) is 4.78. The van der Waals surface area contributed by atoms with Gasteiger partial charge in [0.2, 0.25) is 0 Å². The highest BCUT2D eigenvalue weighted by Gasteiger charge is 2.28. The molecule has 0 spiro atoms. The second kappa shape index (κ2) is 7.45. The van der Waals surface area contributed by atoms with Crippen LogP contribution in [-0.2, 0) is 10.8 Å². The number of aliphatic hydroxyl groups excluding tert-OH is 1. The van der Waals surface area contributed by atoms with Crippen molar-refractivity contribution in [3.05, 3.63) is 28.8 Å². The van der Waals surface area contributed by atoms with Crippen LogP contribution in [-0.4, -0.2) is 16.3 Å². The molecule has 0 aliphatic rings. The Labute approximate surface area is 148 Å². The Morgan fingerprint density at radius 2 is 1.50 bits per heavy atom. The predicted molar refractivity (Wildman–Crippen MR) is 103 cm³/mol. The zero-order valence-electron chi connectivity index (χ0n) is 16.8. The van der Waals surface area contributed by atoms with Gasteiger partial charge in [-0.1, -0.05) is 61.5 Å². The van der Waals surface area contributed by atoms with Crippen LogP contribution in [0, 0.1) is 5.92 Å². The summed E-state index contributed by atoms with van der Waals surface area (Å²) in [5, 5.41) is 21.3. The lowest BCUT2D eigenvalue weighted by Gasteiger charge is -2.30. The molecule has 0 heterocycles. The number of rotatable bonds is 5. The highest BCUT2D eigenvalue weighted by molar-refractivity contribution is 5.50. The second-order valence-corrected chi connectivity index (χ2v) is 9.53. The Hall–Kier alpha value is -1.06. The molecule has 0 aliphatic heterocycles. The van der Waals surface area contributed by atoms with E-state index in [1.165, 1.54) is 0 Å². The normalized spacial score (nSPS) is 15.6. The Morgan fingerprint density at radius 3 is 1.92 bits per heavy atom. The minimum Gasteiger partial charge on any atom is -0.507 e. The first-order valence-corrected chi connectivity index (χ1v) is 9.06. The van der Waals surface area contributed by atoms with Crippen molar-refractivity contribution in [2.24, 2.45) is 11.7 Å². The minimum absolute atomic E-state index is 0.0505. The number of hydrogen-bond donors (Lipinski definition) is 3. The van der Waals surface area contributed by atoms with E-state index in [4.69, 9.17) is 5.73 Å². The maximum atomic E-state index is 10.8. The Kier molecular flexibility index (Phi) is 6.51. The maximum absolute atomic E-state index is 10.8. The number of phenols is 1. The highest BCUT2D eigenvalue weighted by atomic mass is 16.3. The molecule has 0 bridgehead atoms. The van der Waals surface area contributed by atoms with E-state index in [9.17, 15) is 10.2 Å². The van der Waals surface area contributed by atoms with Crippen molar-refractivity contribution in [3.8, 4) is 5.75 Å². The van der Waals surface area contributed by atoms with Gasteiger partial charge in [0.25, 0.3) is 0 Å². The fourth-order valence-electron chi connectivity index (χ4n) is 2.81. The first kappa shape index (κ1) is 21.0. The average Bonchev–Trinajstić information content (AvgIpc) is 2.41. The number of aromatic hydroxyl groups is 1. The monoisotopic (exact) mass is 335 g/mol. The van der Waals surface area contributed by atoms with E-state index < -0.39 is 12.1 Å². The number of nitrogens with two attached hydrogens (primary N) is 1. The van der Waals surface area contributed by atoms with Gasteiger partial charge in [-0.15, -0.1) is 0 Å². The topological polar surface area (TPSA) is 66.5 Å². The van der Waals surface area contributed by atoms with E-state index in [0.29, 0.717) is 17.9 Å². The molecular weight excluding hydrogens is 298 g/mol. The van der Waals surface area contributed by atoms with Crippen LogP contribution in [0.25, 0.3) is 0 Å². The van der Waals surface area contributed by atoms with Crippen molar-refractivity contribution in [2.75, 3.05) is 0 Å². The summed E-state index contributed by atoms with van der Waals surface area (Å²) in [6, 6.07) is 3.46. The van der Waals surface area contributed by atoms with E-state index in [-0.39, 0.29) is 16.6 Å². The first-order chi connectivity index (χ1) is 10.7. The van der Waals surface area contributed by atoms with Gasteiger partial charge in [0.05, 0.1) is 12.1 Å². The molecule has 1 aromatic rings. The van der Waals surface area contributed by atoms with E-state index in [1.807, 2.05) is 6.07 Å². The second-order valence-electron chi connectivity index (χ2n) is 9.53. The summed E-state index contributed by atoms with van der Waals surface area (Å²) in [6.07, 6.45) is 0.908. The largest absolute Gasteiger partial charge is 0.507 e. The quantitative estimate of drug-likeness (QED) is 0.725. The molecule has 0 aliphatic carbocycles. The summed E-state index contributed by atoms with van der Waals surface area (Å²) in [4.78, 5) is 0. The molecule has 0 amide bonds. The lowest BCUT2D eigenvalue weighted by Crippen LogP contribution is -2.28. The van der Waals surface area contributed by atoms with E-state index in [2.05, 4.69) is 61.5 Å². The third kappa shape index (κ3) is 5.22. The average molecular weight is 336 g/mol. The van der Waals surface area contributed by atoms with Crippen molar-refractivity contribution in [1.82, 2.24) is 0 Å². The molecule has 3 nitrogen and oxygen atoms in total. The lowest BCUT2D eigenvalue weighted by atomic mass is 9.77. The van der Waals surface area contributed by atoms with Crippen LogP contribution < -0.4 is 5.73 Å². The van der Waals surface area contributed by atoms with Gasteiger partial charge in [-0.05, 0) is 46.8 Å². The maximum Gasteiger partial charge on any atom is 0.124 e. The van der Waals surface area contributed by atoms with Gasteiger partial charge in [-0.2, -0.15) is 0 Å². The van der Waals surface area contributed by atoms with Gasteiger partial charge in [0.15, 0.2) is 0 Å². The molecule has 0 fully saturated rings. The standard InChI is InChI=1S/C21H37NO2/c1-13(2)9-10-17(23)18(22)15-11-14(20(3,4)5)12-16(19(15)24)21(6,7)8/h11-13,17-18,23-24H,9-10,22H2,1-8H3/t17-,18+/m0/s1. The highest BCUT2D eigenvalue weighted by Crippen LogP contribution is 2.40. The van der Waals surface area contributed by atoms with E-state index >= 15 is 0 Å². The van der Waals surface area contributed by atoms with E-state index in [1.54, 1.807) is 0 Å². The van der Waals surface area contributed by atoms with E-state index in [0.717, 1.165) is 17.5 Å². The van der Waals surface area contributed by atoms with Gasteiger partial charge in [0.1, 0.15) is 5.75 Å².